The van der Waals surface area contributed by atoms with Crippen LogP contribution in [-0.2, 0) is 6.42 Å². The highest BCUT2D eigenvalue weighted by Gasteiger charge is 2.11. The number of aryl methyl sites for hydroxylation is 1. The van der Waals surface area contributed by atoms with Crippen LogP contribution >= 0.6 is 11.3 Å². The predicted molar refractivity (Wildman–Crippen MR) is 90.4 cm³/mol. The van der Waals surface area contributed by atoms with Crippen LogP contribution in [-0.4, -0.2) is 27.4 Å². The lowest BCUT2D eigenvalue weighted by Crippen LogP contribution is -2.25. The fraction of sp³-hybridized carbons (Fsp3) is 0.176. The highest BCUT2D eigenvalue weighted by Crippen LogP contribution is 2.26. The van der Waals surface area contributed by atoms with Crippen molar-refractivity contribution >= 4 is 17.2 Å². The van der Waals surface area contributed by atoms with Gasteiger partial charge >= 0.3 is 0 Å². The molecule has 0 aromatic carbocycles. The third kappa shape index (κ3) is 3.78. The number of hydrogen-bond acceptors (Lipinski definition) is 5. The van der Waals surface area contributed by atoms with Gasteiger partial charge in [0.05, 0.1) is 11.4 Å². The maximum absolute atomic E-state index is 12.0. The number of nitrogens with one attached hydrogen (secondary N) is 1. The quantitative estimate of drug-likeness (QED) is 0.783. The second-order valence-electron chi connectivity index (χ2n) is 4.98. The zero-order valence-electron chi connectivity index (χ0n) is 12.7. The van der Waals surface area contributed by atoms with Crippen LogP contribution in [0.2, 0.25) is 0 Å². The molecular formula is C17H16N4OS. The summed E-state index contributed by atoms with van der Waals surface area (Å²) < 4.78 is 0. The number of nitrogens with zero attached hydrogens (tertiary/aromatic N) is 3. The minimum atomic E-state index is -0.0838. The molecule has 3 heterocycles. The number of carbonyl (C=O) groups excluding carboxylic acids is 1. The van der Waals surface area contributed by atoms with Crippen molar-refractivity contribution in [1.82, 2.24) is 20.3 Å². The number of amides is 1. The average Bonchev–Trinajstić information content (AvgIpc) is 2.97. The van der Waals surface area contributed by atoms with Crippen LogP contribution in [0, 0.1) is 6.92 Å². The summed E-state index contributed by atoms with van der Waals surface area (Å²) in [6, 6.07) is 9.19. The maximum Gasteiger partial charge on any atom is 0.251 e. The van der Waals surface area contributed by atoms with Gasteiger partial charge < -0.3 is 5.32 Å². The lowest BCUT2D eigenvalue weighted by atomic mass is 10.2. The van der Waals surface area contributed by atoms with Crippen LogP contribution in [0.4, 0.5) is 0 Å². The van der Waals surface area contributed by atoms with E-state index in [1.165, 1.54) is 4.88 Å². The normalized spacial score (nSPS) is 10.5. The van der Waals surface area contributed by atoms with E-state index >= 15 is 0 Å². The smallest absolute Gasteiger partial charge is 0.251 e. The zero-order chi connectivity index (χ0) is 16.1. The monoisotopic (exact) mass is 324 g/mol. The van der Waals surface area contributed by atoms with Crippen LogP contribution in [0.15, 0.2) is 48.9 Å². The van der Waals surface area contributed by atoms with Gasteiger partial charge in [0.2, 0.25) is 0 Å². The summed E-state index contributed by atoms with van der Waals surface area (Å²) >= 11 is 1.63. The van der Waals surface area contributed by atoms with Gasteiger partial charge in [-0.3, -0.25) is 14.8 Å². The topological polar surface area (TPSA) is 67.8 Å². The molecule has 116 valence electrons. The van der Waals surface area contributed by atoms with E-state index in [0.717, 1.165) is 22.8 Å². The Hall–Kier alpha value is -2.60. The number of rotatable bonds is 5. The van der Waals surface area contributed by atoms with Gasteiger partial charge in [-0.05, 0) is 31.2 Å². The summed E-state index contributed by atoms with van der Waals surface area (Å²) in [5.74, 6) is -0.0838. The van der Waals surface area contributed by atoms with Crippen LogP contribution in [0.5, 0.6) is 0 Å². The molecule has 0 aliphatic heterocycles. The summed E-state index contributed by atoms with van der Waals surface area (Å²) in [5, 5.41) is 3.84. The molecule has 3 rings (SSSR count). The van der Waals surface area contributed by atoms with Crippen molar-refractivity contribution in [3.63, 3.8) is 0 Å². The minimum absolute atomic E-state index is 0.0838. The molecule has 5 nitrogen and oxygen atoms in total. The average molecular weight is 324 g/mol. The van der Waals surface area contributed by atoms with E-state index in [9.17, 15) is 4.79 Å². The Morgan fingerprint density at radius 2 is 2.00 bits per heavy atom. The molecular weight excluding hydrogens is 308 g/mol. The van der Waals surface area contributed by atoms with Crippen molar-refractivity contribution in [2.75, 3.05) is 6.54 Å². The second-order valence-corrected chi connectivity index (χ2v) is 6.07. The number of carbonyl (C=O) groups is 1. The standard InChI is InChI=1S/C17H16N4OS/c1-12-15(23-17(21-12)14-4-2-3-8-19-14)7-11-20-16(22)13-5-9-18-10-6-13/h2-6,8-10H,7,11H2,1H3,(H,20,22). The van der Waals surface area contributed by atoms with Gasteiger partial charge in [0.1, 0.15) is 5.01 Å². The molecule has 6 heteroatoms. The van der Waals surface area contributed by atoms with E-state index in [0.29, 0.717) is 12.1 Å². The van der Waals surface area contributed by atoms with Crippen LogP contribution in [0.3, 0.4) is 0 Å². The molecule has 0 fully saturated rings. The zero-order valence-corrected chi connectivity index (χ0v) is 13.5. The number of aromatic nitrogens is 3. The van der Waals surface area contributed by atoms with E-state index in [-0.39, 0.29) is 5.91 Å². The molecule has 23 heavy (non-hydrogen) atoms. The van der Waals surface area contributed by atoms with Crippen molar-refractivity contribution in [2.45, 2.75) is 13.3 Å². The number of hydrogen-bond donors (Lipinski definition) is 1. The largest absolute Gasteiger partial charge is 0.352 e. The molecule has 0 unspecified atom stereocenters. The first-order chi connectivity index (χ1) is 11.2. The first-order valence-electron chi connectivity index (χ1n) is 7.30. The van der Waals surface area contributed by atoms with E-state index in [2.05, 4.69) is 20.3 Å². The van der Waals surface area contributed by atoms with Gasteiger partial charge in [0.15, 0.2) is 0 Å². The van der Waals surface area contributed by atoms with Crippen molar-refractivity contribution < 1.29 is 4.79 Å². The molecule has 1 amide bonds. The minimum Gasteiger partial charge on any atom is -0.352 e. The van der Waals surface area contributed by atoms with Crippen molar-refractivity contribution in [3.8, 4) is 10.7 Å². The van der Waals surface area contributed by atoms with Gasteiger partial charge in [-0.25, -0.2) is 4.98 Å². The lowest BCUT2D eigenvalue weighted by molar-refractivity contribution is 0.0954. The molecule has 0 aliphatic rings. The van der Waals surface area contributed by atoms with Gasteiger partial charge in [0.25, 0.3) is 5.91 Å². The Kier molecular flexibility index (Phi) is 4.73. The predicted octanol–water partition coefficient (Wildman–Crippen LogP) is 2.88. The van der Waals surface area contributed by atoms with Crippen LogP contribution in [0.1, 0.15) is 20.9 Å². The summed E-state index contributed by atoms with van der Waals surface area (Å²) in [6.45, 7) is 2.56. The van der Waals surface area contributed by atoms with Gasteiger partial charge in [-0.1, -0.05) is 6.07 Å². The third-order valence-electron chi connectivity index (χ3n) is 3.36. The molecule has 0 radical (unpaired) electrons. The number of pyridine rings is 2. The van der Waals surface area contributed by atoms with E-state index in [4.69, 9.17) is 0 Å². The second kappa shape index (κ2) is 7.11. The van der Waals surface area contributed by atoms with Gasteiger partial charge in [-0.2, -0.15) is 0 Å². The Balaban J connectivity index is 1.61. The highest BCUT2D eigenvalue weighted by atomic mass is 32.1. The lowest BCUT2D eigenvalue weighted by Gasteiger charge is -2.04. The summed E-state index contributed by atoms with van der Waals surface area (Å²) in [5.41, 5.74) is 2.50. The SMILES string of the molecule is Cc1nc(-c2ccccn2)sc1CCNC(=O)c1ccncc1. The molecule has 0 bridgehead atoms. The Labute approximate surface area is 138 Å². The Bertz CT molecular complexity index is 787. The molecule has 0 atom stereocenters. The fourth-order valence-corrected chi connectivity index (χ4v) is 3.19. The van der Waals surface area contributed by atoms with E-state index in [1.807, 2.05) is 25.1 Å². The maximum atomic E-state index is 12.0. The Morgan fingerprint density at radius 1 is 1.17 bits per heavy atom. The molecule has 3 aromatic rings. The summed E-state index contributed by atoms with van der Waals surface area (Å²) in [7, 11) is 0. The molecule has 0 saturated heterocycles. The molecule has 1 N–H and O–H groups in total. The first-order valence-corrected chi connectivity index (χ1v) is 8.11. The van der Waals surface area contributed by atoms with E-state index in [1.54, 1.807) is 42.1 Å². The summed E-state index contributed by atoms with van der Waals surface area (Å²) in [6.07, 6.45) is 5.75. The summed E-state index contributed by atoms with van der Waals surface area (Å²) in [4.78, 5) is 26.0. The van der Waals surface area contributed by atoms with Crippen molar-refractivity contribution in [3.05, 3.63) is 65.1 Å². The van der Waals surface area contributed by atoms with Crippen molar-refractivity contribution in [1.29, 1.82) is 0 Å². The van der Waals surface area contributed by atoms with Gasteiger partial charge in [-0.15, -0.1) is 11.3 Å². The van der Waals surface area contributed by atoms with Crippen LogP contribution < -0.4 is 5.32 Å². The highest BCUT2D eigenvalue weighted by molar-refractivity contribution is 7.15. The molecule has 0 spiro atoms. The van der Waals surface area contributed by atoms with E-state index < -0.39 is 0 Å². The molecule has 3 aromatic heterocycles. The fourth-order valence-electron chi connectivity index (χ4n) is 2.15. The molecule has 0 saturated carbocycles. The van der Waals surface area contributed by atoms with Gasteiger partial charge in [0, 0.05) is 42.0 Å². The Morgan fingerprint density at radius 3 is 2.74 bits per heavy atom. The first kappa shape index (κ1) is 15.3. The molecule has 0 aliphatic carbocycles. The van der Waals surface area contributed by atoms with Crippen molar-refractivity contribution in [2.24, 2.45) is 0 Å². The third-order valence-corrected chi connectivity index (χ3v) is 4.60. The number of thiazole rings is 1. The van der Waals surface area contributed by atoms with Crippen LogP contribution in [0.25, 0.3) is 10.7 Å².